The molecule has 0 saturated carbocycles. The predicted octanol–water partition coefficient (Wildman–Crippen LogP) is 1.54. The lowest BCUT2D eigenvalue weighted by Gasteiger charge is -2.04. The van der Waals surface area contributed by atoms with Gasteiger partial charge in [-0.25, -0.2) is 0 Å². The summed E-state index contributed by atoms with van der Waals surface area (Å²) in [6, 6.07) is 6.43. The first-order valence-corrected chi connectivity index (χ1v) is 3.59. The van der Waals surface area contributed by atoms with Crippen molar-refractivity contribution < 1.29 is 4.79 Å². The molecule has 0 radical (unpaired) electrons. The van der Waals surface area contributed by atoms with Crippen LogP contribution in [0.5, 0.6) is 0 Å². The average molecular weight is 170 g/mol. The second-order valence-electron chi connectivity index (χ2n) is 2.18. The zero-order valence-electron chi connectivity index (χ0n) is 5.83. The van der Waals surface area contributed by atoms with Crippen LogP contribution >= 0.6 is 11.6 Å². The summed E-state index contributed by atoms with van der Waals surface area (Å²) in [5, 5.41) is 0.534. The van der Waals surface area contributed by atoms with Crippen LogP contribution in [-0.4, -0.2) is 6.29 Å². The molecule has 3 heteroatoms. The normalized spacial score (nSPS) is 12.5. The largest absolute Gasteiger partial charge is 0.318 e. The Kier molecular flexibility index (Phi) is 2.63. The van der Waals surface area contributed by atoms with Gasteiger partial charge in [0.25, 0.3) is 0 Å². The van der Waals surface area contributed by atoms with Crippen LogP contribution in [0.3, 0.4) is 0 Å². The Morgan fingerprint density at radius 1 is 1.45 bits per heavy atom. The van der Waals surface area contributed by atoms with E-state index in [-0.39, 0.29) is 0 Å². The fourth-order valence-electron chi connectivity index (χ4n) is 0.819. The molecule has 0 aromatic heterocycles. The van der Waals surface area contributed by atoms with E-state index in [1.54, 1.807) is 24.3 Å². The highest BCUT2D eigenvalue weighted by molar-refractivity contribution is 6.31. The SMILES string of the molecule is N[C@H](C=O)c1ccccc1Cl. The Balaban J connectivity index is 3.02. The van der Waals surface area contributed by atoms with Crippen LogP contribution in [0.2, 0.25) is 5.02 Å². The lowest BCUT2D eigenvalue weighted by Crippen LogP contribution is -2.11. The third kappa shape index (κ3) is 1.79. The van der Waals surface area contributed by atoms with Crippen LogP contribution in [0, 0.1) is 0 Å². The molecule has 0 fully saturated rings. The number of nitrogens with two attached hydrogens (primary N) is 1. The molecule has 0 aliphatic heterocycles. The van der Waals surface area contributed by atoms with E-state index in [1.807, 2.05) is 0 Å². The van der Waals surface area contributed by atoms with Crippen molar-refractivity contribution in [1.82, 2.24) is 0 Å². The molecule has 0 spiro atoms. The molecule has 0 saturated heterocycles. The molecule has 11 heavy (non-hydrogen) atoms. The molecule has 1 aromatic carbocycles. The predicted molar refractivity (Wildman–Crippen MR) is 44.4 cm³/mol. The Morgan fingerprint density at radius 3 is 2.64 bits per heavy atom. The first kappa shape index (κ1) is 8.24. The smallest absolute Gasteiger partial charge is 0.141 e. The third-order valence-electron chi connectivity index (χ3n) is 1.41. The summed E-state index contributed by atoms with van der Waals surface area (Å²) in [4.78, 5) is 10.3. The summed E-state index contributed by atoms with van der Waals surface area (Å²) in [6.07, 6.45) is 0.668. The molecule has 2 N–H and O–H groups in total. The highest BCUT2D eigenvalue weighted by atomic mass is 35.5. The summed E-state index contributed by atoms with van der Waals surface area (Å²) in [7, 11) is 0. The maximum Gasteiger partial charge on any atom is 0.141 e. The van der Waals surface area contributed by atoms with E-state index >= 15 is 0 Å². The van der Waals surface area contributed by atoms with Crippen molar-refractivity contribution in [3.05, 3.63) is 34.9 Å². The van der Waals surface area contributed by atoms with E-state index in [0.717, 1.165) is 0 Å². The number of carbonyl (C=O) groups is 1. The van der Waals surface area contributed by atoms with Crippen molar-refractivity contribution in [3.8, 4) is 0 Å². The molecule has 0 aliphatic rings. The zero-order valence-corrected chi connectivity index (χ0v) is 6.58. The van der Waals surface area contributed by atoms with E-state index < -0.39 is 6.04 Å². The van der Waals surface area contributed by atoms with Gasteiger partial charge in [0.2, 0.25) is 0 Å². The topological polar surface area (TPSA) is 43.1 Å². The van der Waals surface area contributed by atoms with Gasteiger partial charge in [-0.3, -0.25) is 0 Å². The van der Waals surface area contributed by atoms with Crippen molar-refractivity contribution in [2.24, 2.45) is 5.73 Å². The minimum Gasteiger partial charge on any atom is -0.318 e. The van der Waals surface area contributed by atoms with Gasteiger partial charge in [-0.05, 0) is 11.6 Å². The van der Waals surface area contributed by atoms with Crippen molar-refractivity contribution >= 4 is 17.9 Å². The molecule has 0 heterocycles. The summed E-state index contributed by atoms with van der Waals surface area (Å²) < 4.78 is 0. The molecule has 0 unspecified atom stereocenters. The number of halogens is 1. The van der Waals surface area contributed by atoms with Crippen molar-refractivity contribution in [2.45, 2.75) is 6.04 Å². The molecule has 58 valence electrons. The number of aldehydes is 1. The van der Waals surface area contributed by atoms with Crippen LogP contribution in [0.25, 0.3) is 0 Å². The minimum absolute atomic E-state index is 0.534. The van der Waals surface area contributed by atoms with E-state index in [2.05, 4.69) is 0 Å². The van der Waals surface area contributed by atoms with E-state index in [1.165, 1.54) is 0 Å². The summed E-state index contributed by atoms with van der Waals surface area (Å²) in [5.74, 6) is 0. The molecule has 0 amide bonds. The summed E-state index contributed by atoms with van der Waals surface area (Å²) >= 11 is 5.76. The molecule has 0 bridgehead atoms. The summed E-state index contributed by atoms with van der Waals surface area (Å²) in [5.41, 5.74) is 6.11. The Bertz CT molecular complexity index is 262. The average Bonchev–Trinajstić information content (AvgIpc) is 2.04. The van der Waals surface area contributed by atoms with E-state index in [4.69, 9.17) is 17.3 Å². The van der Waals surface area contributed by atoms with Gasteiger partial charge in [-0.2, -0.15) is 0 Å². The lowest BCUT2D eigenvalue weighted by atomic mass is 10.1. The highest BCUT2D eigenvalue weighted by Crippen LogP contribution is 2.19. The standard InChI is InChI=1S/C8H8ClNO/c9-7-4-2-1-3-6(7)8(10)5-11/h1-5,8H,10H2/t8-/m1/s1. The van der Waals surface area contributed by atoms with E-state index in [9.17, 15) is 4.79 Å². The second-order valence-corrected chi connectivity index (χ2v) is 2.59. The fraction of sp³-hybridized carbons (Fsp3) is 0.125. The van der Waals surface area contributed by atoms with Gasteiger partial charge in [0.05, 0.1) is 6.04 Å². The lowest BCUT2D eigenvalue weighted by molar-refractivity contribution is -0.109. The number of rotatable bonds is 2. The first-order chi connectivity index (χ1) is 5.25. The second kappa shape index (κ2) is 3.51. The van der Waals surface area contributed by atoms with Gasteiger partial charge >= 0.3 is 0 Å². The van der Waals surface area contributed by atoms with Gasteiger partial charge in [0, 0.05) is 5.02 Å². The molecule has 1 aromatic rings. The van der Waals surface area contributed by atoms with Gasteiger partial charge < -0.3 is 10.5 Å². The van der Waals surface area contributed by atoms with Crippen LogP contribution in [0.15, 0.2) is 24.3 Å². The zero-order chi connectivity index (χ0) is 8.27. The van der Waals surface area contributed by atoms with Gasteiger partial charge in [0.15, 0.2) is 0 Å². The van der Waals surface area contributed by atoms with Crippen molar-refractivity contribution in [3.63, 3.8) is 0 Å². The summed E-state index contributed by atoms with van der Waals surface area (Å²) in [6.45, 7) is 0. The van der Waals surface area contributed by atoms with Crippen LogP contribution < -0.4 is 5.73 Å². The first-order valence-electron chi connectivity index (χ1n) is 3.21. The molecule has 2 nitrogen and oxygen atoms in total. The molecular weight excluding hydrogens is 162 g/mol. The van der Waals surface area contributed by atoms with Crippen LogP contribution in [0.1, 0.15) is 11.6 Å². The number of carbonyl (C=O) groups excluding carboxylic acids is 1. The molecule has 0 aliphatic carbocycles. The number of benzene rings is 1. The van der Waals surface area contributed by atoms with Gasteiger partial charge in [-0.1, -0.05) is 29.8 Å². The minimum atomic E-state index is -0.608. The Labute approximate surface area is 70.0 Å². The van der Waals surface area contributed by atoms with Crippen LogP contribution in [-0.2, 0) is 4.79 Å². The van der Waals surface area contributed by atoms with Crippen molar-refractivity contribution in [1.29, 1.82) is 0 Å². The van der Waals surface area contributed by atoms with Gasteiger partial charge in [-0.15, -0.1) is 0 Å². The van der Waals surface area contributed by atoms with E-state index in [0.29, 0.717) is 16.9 Å². The Hall–Kier alpha value is -0.860. The maximum absolute atomic E-state index is 10.3. The monoisotopic (exact) mass is 169 g/mol. The van der Waals surface area contributed by atoms with Gasteiger partial charge in [0.1, 0.15) is 6.29 Å². The Morgan fingerprint density at radius 2 is 2.09 bits per heavy atom. The molecular formula is C8H8ClNO. The number of hydrogen-bond donors (Lipinski definition) is 1. The maximum atomic E-state index is 10.3. The third-order valence-corrected chi connectivity index (χ3v) is 1.76. The number of hydrogen-bond acceptors (Lipinski definition) is 2. The fourth-order valence-corrected chi connectivity index (χ4v) is 1.08. The molecule has 1 atom stereocenters. The van der Waals surface area contributed by atoms with Crippen LogP contribution in [0.4, 0.5) is 0 Å². The molecule has 1 rings (SSSR count). The highest BCUT2D eigenvalue weighted by Gasteiger charge is 2.06. The quantitative estimate of drug-likeness (QED) is 0.683. The van der Waals surface area contributed by atoms with Crippen molar-refractivity contribution in [2.75, 3.05) is 0 Å².